The first-order valence-corrected chi connectivity index (χ1v) is 14.5. The van der Waals surface area contributed by atoms with Gasteiger partial charge >= 0.3 is 15.2 Å². The number of aromatic hydroxyl groups is 1. The van der Waals surface area contributed by atoms with Gasteiger partial charge in [0.2, 0.25) is 0 Å². The second-order valence-electron chi connectivity index (χ2n) is 10.4. The minimum Gasteiger partial charge on any atom is -0.507 e. The van der Waals surface area contributed by atoms with Gasteiger partial charge in [-0.05, 0) is 36.5 Å². The van der Waals surface area contributed by atoms with E-state index in [1.54, 1.807) is 0 Å². The van der Waals surface area contributed by atoms with Crippen molar-refractivity contribution in [3.05, 3.63) is 22.3 Å². The first-order chi connectivity index (χ1) is 14.3. The summed E-state index contributed by atoms with van der Waals surface area (Å²) in [5.74, 6) is 0.305. The Morgan fingerprint density at radius 1 is 0.750 bits per heavy atom. The average molecular weight is 493 g/mol. The summed E-state index contributed by atoms with van der Waals surface area (Å²) < 4.78 is 31.9. The highest BCUT2D eigenvalue weighted by Gasteiger charge is 2.60. The van der Waals surface area contributed by atoms with Crippen molar-refractivity contribution in [1.82, 2.24) is 0 Å². The summed E-state index contributed by atoms with van der Waals surface area (Å²) >= 11 is 0. The molecule has 0 bridgehead atoms. The summed E-state index contributed by atoms with van der Waals surface area (Å²) in [7, 11) is -9.86. The van der Waals surface area contributed by atoms with E-state index in [-0.39, 0.29) is 24.3 Å². The minimum absolute atomic E-state index is 0.144. The smallest absolute Gasteiger partial charge is 0.394 e. The number of phenols is 1. The monoisotopic (exact) mass is 492 g/mol. The van der Waals surface area contributed by atoms with Crippen LogP contribution < -0.4 is 4.52 Å². The largest absolute Gasteiger partial charge is 0.507 e. The molecule has 0 radical (unpaired) electrons. The van der Waals surface area contributed by atoms with Gasteiger partial charge in [-0.15, -0.1) is 0 Å². The molecule has 1 aromatic rings. The lowest BCUT2D eigenvalue weighted by Gasteiger charge is -2.38. The van der Waals surface area contributed by atoms with Crippen molar-refractivity contribution < 1.29 is 33.4 Å². The van der Waals surface area contributed by atoms with Crippen molar-refractivity contribution in [1.29, 1.82) is 0 Å². The molecule has 0 amide bonds. The highest BCUT2D eigenvalue weighted by Crippen LogP contribution is 2.74. The minimum atomic E-state index is -5.00. The van der Waals surface area contributed by atoms with Crippen LogP contribution in [-0.4, -0.2) is 24.7 Å². The summed E-state index contributed by atoms with van der Waals surface area (Å²) in [4.78, 5) is 29.0. The molecule has 0 saturated heterocycles. The van der Waals surface area contributed by atoms with E-state index in [9.17, 15) is 28.9 Å². The maximum atomic E-state index is 13.6. The lowest BCUT2D eigenvalue weighted by molar-refractivity contribution is 0.302. The summed E-state index contributed by atoms with van der Waals surface area (Å²) in [5, 5.41) is 11.4. The molecule has 0 aromatic heterocycles. The van der Waals surface area contributed by atoms with Crippen LogP contribution in [0.5, 0.6) is 11.5 Å². The van der Waals surface area contributed by atoms with Crippen molar-refractivity contribution >= 4 is 15.2 Å². The molecule has 186 valence electrons. The van der Waals surface area contributed by atoms with Gasteiger partial charge in [-0.3, -0.25) is 4.57 Å². The molecule has 0 spiro atoms. The van der Waals surface area contributed by atoms with Gasteiger partial charge in [-0.2, -0.15) is 0 Å². The van der Waals surface area contributed by atoms with Crippen molar-refractivity contribution in [3.8, 4) is 11.5 Å². The number of phenolic OH excluding ortho intramolecular Hbond substituents is 1. The predicted molar refractivity (Wildman–Crippen MR) is 130 cm³/mol. The molecule has 9 heteroatoms. The third-order valence-electron chi connectivity index (χ3n) is 6.25. The van der Waals surface area contributed by atoms with E-state index in [2.05, 4.69) is 0 Å². The van der Waals surface area contributed by atoms with Crippen LogP contribution in [0.15, 0.2) is 0 Å². The molecule has 1 aromatic carbocycles. The first-order valence-electron chi connectivity index (χ1n) is 11.3. The molecule has 1 rings (SSSR count). The van der Waals surface area contributed by atoms with Gasteiger partial charge in [0.25, 0.3) is 0 Å². The molecule has 0 aliphatic carbocycles. The fourth-order valence-corrected chi connectivity index (χ4v) is 8.36. The third-order valence-corrected chi connectivity index (χ3v) is 11.6. The van der Waals surface area contributed by atoms with E-state index in [1.807, 2.05) is 55.4 Å². The van der Waals surface area contributed by atoms with E-state index in [0.717, 1.165) is 0 Å². The molecule has 0 saturated carbocycles. The Balaban J connectivity index is 4.18. The van der Waals surface area contributed by atoms with Gasteiger partial charge in [0.15, 0.2) is 4.90 Å². The molecule has 7 nitrogen and oxygen atoms in total. The highest BCUT2D eigenvalue weighted by atomic mass is 31.2. The zero-order valence-electron chi connectivity index (χ0n) is 21.2. The standard InChI is InChI=1S/C23H42O7P2/c1-11-15-17(21(5,6)7)19(24)18(22(8,9)10)16(12-2)20(15)30-32(28,29)23(13-3,14-4)31(25,26)27/h24H,11-14H2,1-10H3,(H,28,29)(H2,25,26,27). The molecule has 4 N–H and O–H groups in total. The molecule has 0 heterocycles. The van der Waals surface area contributed by atoms with Crippen LogP contribution in [0.25, 0.3) is 0 Å². The predicted octanol–water partition coefficient (Wildman–Crippen LogP) is 6.37. The molecule has 1 unspecified atom stereocenters. The van der Waals surface area contributed by atoms with Crippen molar-refractivity contribution in [3.63, 3.8) is 0 Å². The summed E-state index contributed by atoms with van der Waals surface area (Å²) in [6, 6.07) is 0. The number of rotatable bonds is 8. The third kappa shape index (κ3) is 4.98. The van der Waals surface area contributed by atoms with Gasteiger partial charge in [0.05, 0.1) is 0 Å². The summed E-state index contributed by atoms with van der Waals surface area (Å²) in [6.45, 7) is 18.4. The van der Waals surface area contributed by atoms with Gasteiger partial charge < -0.3 is 24.3 Å². The zero-order valence-corrected chi connectivity index (χ0v) is 23.0. The number of benzene rings is 1. The van der Waals surface area contributed by atoms with E-state index in [1.165, 1.54) is 13.8 Å². The second-order valence-corrected chi connectivity index (χ2v) is 14.8. The van der Waals surface area contributed by atoms with Crippen LogP contribution in [-0.2, 0) is 32.8 Å². The van der Waals surface area contributed by atoms with E-state index in [4.69, 9.17) is 4.52 Å². The van der Waals surface area contributed by atoms with E-state index >= 15 is 0 Å². The topological polar surface area (TPSA) is 124 Å². The average Bonchev–Trinajstić information content (AvgIpc) is 2.59. The Morgan fingerprint density at radius 3 is 1.31 bits per heavy atom. The Hall–Kier alpha value is -0.840. The molecule has 0 aliphatic heterocycles. The number of hydrogen-bond acceptors (Lipinski definition) is 4. The maximum absolute atomic E-state index is 13.6. The maximum Gasteiger partial charge on any atom is 0.394 e. The van der Waals surface area contributed by atoms with Crippen LogP contribution in [0, 0.1) is 0 Å². The van der Waals surface area contributed by atoms with E-state index in [0.29, 0.717) is 35.1 Å². The first kappa shape index (κ1) is 29.2. The Bertz CT molecular complexity index is 886. The van der Waals surface area contributed by atoms with Crippen LogP contribution in [0.3, 0.4) is 0 Å². The van der Waals surface area contributed by atoms with Crippen LogP contribution in [0.4, 0.5) is 0 Å². The molecule has 0 fully saturated rings. The van der Waals surface area contributed by atoms with Gasteiger partial charge in [0, 0.05) is 22.3 Å². The van der Waals surface area contributed by atoms with E-state index < -0.39 is 30.9 Å². The molecule has 32 heavy (non-hydrogen) atoms. The van der Waals surface area contributed by atoms with Crippen molar-refractivity contribution in [2.75, 3.05) is 0 Å². The van der Waals surface area contributed by atoms with Crippen LogP contribution in [0.2, 0.25) is 0 Å². The fourth-order valence-electron chi connectivity index (χ4n) is 4.66. The van der Waals surface area contributed by atoms with Gasteiger partial charge in [0.1, 0.15) is 11.5 Å². The SMILES string of the molecule is CCc1c(OP(=O)(O)C(CC)(CC)P(=O)(O)O)c(CC)c(C(C)(C)C)c(O)c1C(C)(C)C. The van der Waals surface area contributed by atoms with Crippen molar-refractivity contribution in [2.45, 2.75) is 111 Å². The zero-order chi connectivity index (χ0) is 25.5. The lowest BCUT2D eigenvalue weighted by Crippen LogP contribution is -2.30. The van der Waals surface area contributed by atoms with Crippen LogP contribution in [0.1, 0.15) is 104 Å². The fraction of sp³-hybridized carbons (Fsp3) is 0.739. The summed E-state index contributed by atoms with van der Waals surface area (Å²) in [5.41, 5.74) is 1.39. The summed E-state index contributed by atoms with van der Waals surface area (Å²) in [6.07, 6.45) is 0.379. The van der Waals surface area contributed by atoms with Crippen LogP contribution >= 0.6 is 15.2 Å². The quantitative estimate of drug-likeness (QED) is 0.311. The Morgan fingerprint density at radius 2 is 1.09 bits per heavy atom. The second kappa shape index (κ2) is 9.43. The molecule has 0 aliphatic rings. The van der Waals surface area contributed by atoms with Crippen molar-refractivity contribution in [2.24, 2.45) is 0 Å². The molecular formula is C23H42O7P2. The highest BCUT2D eigenvalue weighted by molar-refractivity contribution is 7.73. The lowest BCUT2D eigenvalue weighted by atomic mass is 9.74. The van der Waals surface area contributed by atoms with Gasteiger partial charge in [-0.25, -0.2) is 4.57 Å². The Kier molecular flexibility index (Phi) is 8.60. The number of hydrogen-bond donors (Lipinski definition) is 4. The van der Waals surface area contributed by atoms with Gasteiger partial charge in [-0.1, -0.05) is 69.2 Å². The molecular weight excluding hydrogens is 450 g/mol. The normalized spacial score (nSPS) is 15.5. The molecule has 1 atom stereocenters. The Labute approximate surface area is 193 Å².